The van der Waals surface area contributed by atoms with Crippen molar-refractivity contribution < 1.29 is 9.59 Å². The van der Waals surface area contributed by atoms with Crippen molar-refractivity contribution in [2.24, 2.45) is 5.92 Å². The van der Waals surface area contributed by atoms with Gasteiger partial charge in [0.05, 0.1) is 0 Å². The predicted molar refractivity (Wildman–Crippen MR) is 72.1 cm³/mol. The predicted octanol–water partition coefficient (Wildman–Crippen LogP) is 1.99. The molecular formula is C14H26N2O2. The van der Waals surface area contributed by atoms with E-state index in [4.69, 9.17) is 0 Å². The summed E-state index contributed by atoms with van der Waals surface area (Å²) < 4.78 is 0. The maximum atomic E-state index is 11.7. The van der Waals surface area contributed by atoms with Crippen LogP contribution in [-0.4, -0.2) is 24.4 Å². The lowest BCUT2D eigenvalue weighted by Crippen LogP contribution is -2.47. The minimum Gasteiger partial charge on any atom is -0.348 e. The van der Waals surface area contributed by atoms with E-state index in [0.29, 0.717) is 12.5 Å². The van der Waals surface area contributed by atoms with Crippen LogP contribution in [0.4, 0.5) is 0 Å². The van der Waals surface area contributed by atoms with E-state index in [9.17, 15) is 9.59 Å². The third-order valence-electron chi connectivity index (χ3n) is 3.70. The van der Waals surface area contributed by atoms with Crippen molar-refractivity contribution in [3.8, 4) is 0 Å². The Bertz CT molecular complexity index is 279. The highest BCUT2D eigenvalue weighted by molar-refractivity contribution is 6.35. The van der Waals surface area contributed by atoms with E-state index >= 15 is 0 Å². The summed E-state index contributed by atoms with van der Waals surface area (Å²) in [5, 5.41) is 5.53. The number of hydrogen-bond acceptors (Lipinski definition) is 2. The van der Waals surface area contributed by atoms with Gasteiger partial charge in [-0.25, -0.2) is 0 Å². The topological polar surface area (TPSA) is 58.2 Å². The molecule has 1 aliphatic carbocycles. The molecule has 0 aliphatic heterocycles. The average molecular weight is 254 g/mol. The van der Waals surface area contributed by atoms with Gasteiger partial charge in [0.25, 0.3) is 0 Å². The van der Waals surface area contributed by atoms with Crippen LogP contribution in [0.25, 0.3) is 0 Å². The fourth-order valence-electron chi connectivity index (χ4n) is 2.42. The Hall–Kier alpha value is -1.06. The smallest absolute Gasteiger partial charge is 0.309 e. The monoisotopic (exact) mass is 254 g/mol. The minimum atomic E-state index is -0.483. The van der Waals surface area contributed by atoms with Gasteiger partial charge in [0.15, 0.2) is 0 Å². The first-order valence-electron chi connectivity index (χ1n) is 7.23. The number of carbonyl (C=O) groups excluding carboxylic acids is 2. The van der Waals surface area contributed by atoms with Gasteiger partial charge in [-0.15, -0.1) is 0 Å². The molecule has 2 N–H and O–H groups in total. The van der Waals surface area contributed by atoms with Gasteiger partial charge in [-0.2, -0.15) is 0 Å². The lowest BCUT2D eigenvalue weighted by atomic mass is 9.86. The molecule has 0 radical (unpaired) electrons. The molecule has 0 unspecified atom stereocenters. The molecule has 0 bridgehead atoms. The maximum Gasteiger partial charge on any atom is 0.309 e. The number of hydrogen-bond donors (Lipinski definition) is 2. The molecule has 18 heavy (non-hydrogen) atoms. The second-order valence-corrected chi connectivity index (χ2v) is 5.30. The van der Waals surface area contributed by atoms with E-state index in [2.05, 4.69) is 24.5 Å². The van der Waals surface area contributed by atoms with Crippen LogP contribution in [-0.2, 0) is 9.59 Å². The second kappa shape index (κ2) is 8.11. The van der Waals surface area contributed by atoms with Crippen molar-refractivity contribution in [1.82, 2.24) is 10.6 Å². The first-order chi connectivity index (χ1) is 8.65. The number of nitrogens with one attached hydrogen (secondary N) is 2. The molecule has 0 aromatic heterocycles. The molecule has 4 heteroatoms. The molecule has 2 amide bonds. The van der Waals surface area contributed by atoms with Gasteiger partial charge in [-0.3, -0.25) is 9.59 Å². The second-order valence-electron chi connectivity index (χ2n) is 5.30. The molecule has 1 rings (SSSR count). The maximum absolute atomic E-state index is 11.7. The number of unbranched alkanes of at least 4 members (excludes halogenated alkanes) is 2. The van der Waals surface area contributed by atoms with Crippen LogP contribution in [0.1, 0.15) is 58.8 Å². The van der Waals surface area contributed by atoms with E-state index in [1.807, 2.05) is 0 Å². The number of rotatable bonds is 5. The SMILES string of the molecule is CCCCCNC(=O)C(=O)N[C@@H]1CCCC[C@@H]1C. The highest BCUT2D eigenvalue weighted by Gasteiger charge is 2.25. The third kappa shape index (κ3) is 5.07. The van der Waals surface area contributed by atoms with Crippen molar-refractivity contribution >= 4 is 11.8 Å². The standard InChI is InChI=1S/C14H26N2O2/c1-3-4-7-10-15-13(17)14(18)16-12-9-6-5-8-11(12)2/h11-12H,3-10H2,1-2H3,(H,15,17)(H,16,18)/t11-,12+/m0/s1. The molecule has 0 aromatic rings. The van der Waals surface area contributed by atoms with Gasteiger partial charge in [0, 0.05) is 12.6 Å². The summed E-state index contributed by atoms with van der Waals surface area (Å²) in [6.07, 6.45) is 7.65. The molecule has 1 aliphatic rings. The molecule has 0 spiro atoms. The Balaban J connectivity index is 2.24. The first-order valence-corrected chi connectivity index (χ1v) is 7.23. The Morgan fingerprint density at radius 2 is 1.83 bits per heavy atom. The van der Waals surface area contributed by atoms with Gasteiger partial charge < -0.3 is 10.6 Å². The quantitative estimate of drug-likeness (QED) is 0.582. The molecule has 104 valence electrons. The summed E-state index contributed by atoms with van der Waals surface area (Å²) in [5.41, 5.74) is 0. The molecule has 4 nitrogen and oxygen atoms in total. The van der Waals surface area contributed by atoms with Crippen molar-refractivity contribution in [2.75, 3.05) is 6.54 Å². The molecular weight excluding hydrogens is 228 g/mol. The van der Waals surface area contributed by atoms with Crippen molar-refractivity contribution in [3.05, 3.63) is 0 Å². The van der Waals surface area contributed by atoms with E-state index in [-0.39, 0.29) is 6.04 Å². The summed E-state index contributed by atoms with van der Waals surface area (Å²) in [4.78, 5) is 23.3. The molecule has 0 saturated heterocycles. The zero-order chi connectivity index (χ0) is 13.4. The Kier molecular flexibility index (Phi) is 6.76. The van der Waals surface area contributed by atoms with Crippen LogP contribution in [0.2, 0.25) is 0 Å². The summed E-state index contributed by atoms with van der Waals surface area (Å²) >= 11 is 0. The number of carbonyl (C=O) groups is 2. The highest BCUT2D eigenvalue weighted by Crippen LogP contribution is 2.23. The third-order valence-corrected chi connectivity index (χ3v) is 3.70. The van der Waals surface area contributed by atoms with Gasteiger partial charge in [0.2, 0.25) is 0 Å². The minimum absolute atomic E-state index is 0.174. The molecule has 0 heterocycles. The van der Waals surface area contributed by atoms with Crippen LogP contribution in [0.5, 0.6) is 0 Å². The van der Waals surface area contributed by atoms with Gasteiger partial charge in [-0.1, -0.05) is 39.5 Å². The van der Waals surface area contributed by atoms with Crippen LogP contribution in [0.3, 0.4) is 0 Å². The summed E-state index contributed by atoms with van der Waals surface area (Å²) in [5.74, 6) is -0.468. The number of amides is 2. The van der Waals surface area contributed by atoms with Gasteiger partial charge >= 0.3 is 11.8 Å². The largest absolute Gasteiger partial charge is 0.348 e. The van der Waals surface area contributed by atoms with Crippen molar-refractivity contribution in [1.29, 1.82) is 0 Å². The lowest BCUT2D eigenvalue weighted by Gasteiger charge is -2.29. The lowest BCUT2D eigenvalue weighted by molar-refractivity contribution is -0.140. The summed E-state index contributed by atoms with van der Waals surface area (Å²) in [6, 6.07) is 0.174. The molecule has 0 aromatic carbocycles. The van der Waals surface area contributed by atoms with Crippen LogP contribution in [0.15, 0.2) is 0 Å². The zero-order valence-corrected chi connectivity index (χ0v) is 11.6. The van der Waals surface area contributed by atoms with E-state index in [1.54, 1.807) is 0 Å². The van der Waals surface area contributed by atoms with E-state index < -0.39 is 11.8 Å². The molecule has 1 fully saturated rings. The average Bonchev–Trinajstić information content (AvgIpc) is 2.37. The van der Waals surface area contributed by atoms with Crippen LogP contribution in [0, 0.1) is 5.92 Å². The Labute approximate surface area is 110 Å². The van der Waals surface area contributed by atoms with Crippen molar-refractivity contribution in [2.45, 2.75) is 64.8 Å². The molecule has 1 saturated carbocycles. The summed E-state index contributed by atoms with van der Waals surface area (Å²) in [7, 11) is 0. The van der Waals surface area contributed by atoms with Gasteiger partial charge in [-0.05, 0) is 25.2 Å². The van der Waals surface area contributed by atoms with Gasteiger partial charge in [0.1, 0.15) is 0 Å². The van der Waals surface area contributed by atoms with Crippen LogP contribution < -0.4 is 10.6 Å². The van der Waals surface area contributed by atoms with E-state index in [0.717, 1.165) is 38.5 Å². The fraction of sp³-hybridized carbons (Fsp3) is 0.857. The zero-order valence-electron chi connectivity index (χ0n) is 11.6. The summed E-state index contributed by atoms with van der Waals surface area (Å²) in [6.45, 7) is 4.85. The first kappa shape index (κ1) is 15.0. The van der Waals surface area contributed by atoms with Crippen LogP contribution >= 0.6 is 0 Å². The van der Waals surface area contributed by atoms with Crippen molar-refractivity contribution in [3.63, 3.8) is 0 Å². The highest BCUT2D eigenvalue weighted by atomic mass is 16.2. The fourth-order valence-corrected chi connectivity index (χ4v) is 2.42. The molecule has 2 atom stereocenters. The Morgan fingerprint density at radius 1 is 1.11 bits per heavy atom. The Morgan fingerprint density at radius 3 is 2.50 bits per heavy atom. The van der Waals surface area contributed by atoms with E-state index in [1.165, 1.54) is 6.42 Å². The normalized spacial score (nSPS) is 23.4.